The minimum absolute atomic E-state index is 0.110. The second-order valence-corrected chi connectivity index (χ2v) is 15.9. The Labute approximate surface area is 266 Å². The molecule has 44 heavy (non-hydrogen) atoms. The van der Waals surface area contributed by atoms with Crippen LogP contribution in [-0.2, 0) is 21.4 Å². The summed E-state index contributed by atoms with van der Waals surface area (Å²) in [6, 6.07) is 10.2. The van der Waals surface area contributed by atoms with E-state index in [-0.39, 0.29) is 28.6 Å². The Bertz CT molecular complexity index is 1550. The number of nitrogens with one attached hydrogen (secondary N) is 2. The summed E-state index contributed by atoms with van der Waals surface area (Å²) >= 11 is 1.38. The summed E-state index contributed by atoms with van der Waals surface area (Å²) in [7, 11) is 2.08. The van der Waals surface area contributed by atoms with Crippen LogP contribution in [0.15, 0.2) is 54.9 Å². The Balaban J connectivity index is 1.50. The number of carboxylic acids is 1. The van der Waals surface area contributed by atoms with Crippen molar-refractivity contribution in [3.63, 3.8) is 0 Å². The van der Waals surface area contributed by atoms with Gasteiger partial charge >= 0.3 is 5.97 Å². The van der Waals surface area contributed by atoms with Crippen LogP contribution in [0.2, 0.25) is 0 Å². The van der Waals surface area contributed by atoms with E-state index < -0.39 is 23.7 Å². The van der Waals surface area contributed by atoms with E-state index >= 15 is 0 Å². The molecule has 3 atom stereocenters. The fourth-order valence-corrected chi connectivity index (χ4v) is 6.99. The fraction of sp³-hybridized carbons (Fsp3) is 0.441. The lowest BCUT2D eigenvalue weighted by atomic mass is 9.66. The second-order valence-electron chi connectivity index (χ2n) is 14.1. The number of hydrogen-bond acceptors (Lipinski definition) is 6. The summed E-state index contributed by atoms with van der Waals surface area (Å²) in [6.45, 7) is 15.3. The highest BCUT2D eigenvalue weighted by molar-refractivity contribution is 7.19. The quantitative estimate of drug-likeness (QED) is 0.232. The summed E-state index contributed by atoms with van der Waals surface area (Å²) in [5.41, 5.74) is 4.13. The zero-order valence-electron chi connectivity index (χ0n) is 26.5. The standard InChI is InChI=1S/C34H43N4O4PS/c1-32(2,3)26-13-12-25(44-26)29(40)37-24(28(39)38-30(43)31(41)42)14-20-8-10-21(11-9-20)27-35-17-23(18-36-27)22-15-33(4,5)19-34(6,7)16-22/h8-13,15,17-18,24,30H,14,16,19,43H2,1-7H3,(H,37,40)(H,38,39)(H,41,42)/t24-,30+/m0/s1. The summed E-state index contributed by atoms with van der Waals surface area (Å²) in [4.78, 5) is 48.4. The molecule has 0 bridgehead atoms. The number of carboxylic acid groups (broad SMARTS) is 1. The van der Waals surface area contributed by atoms with Gasteiger partial charge < -0.3 is 15.7 Å². The molecule has 3 aromatic rings. The molecular formula is C34H43N4O4PS. The van der Waals surface area contributed by atoms with Crippen LogP contribution in [-0.4, -0.2) is 44.7 Å². The molecule has 2 amide bonds. The molecule has 0 aliphatic heterocycles. The van der Waals surface area contributed by atoms with Crippen molar-refractivity contribution in [1.82, 2.24) is 20.6 Å². The maximum atomic E-state index is 13.1. The molecule has 234 valence electrons. The summed E-state index contributed by atoms with van der Waals surface area (Å²) < 4.78 is 0. The third-order valence-electron chi connectivity index (χ3n) is 7.60. The number of carbonyl (C=O) groups is 3. The average Bonchev–Trinajstić information content (AvgIpc) is 3.43. The molecule has 1 aliphatic rings. The number of hydrogen-bond donors (Lipinski definition) is 3. The van der Waals surface area contributed by atoms with Crippen molar-refractivity contribution in [3.8, 4) is 11.4 Å². The lowest BCUT2D eigenvalue weighted by molar-refractivity contribution is -0.139. The zero-order chi connectivity index (χ0) is 32.4. The predicted octanol–water partition coefficient (Wildman–Crippen LogP) is 6.48. The molecule has 0 spiro atoms. The Morgan fingerprint density at radius 2 is 1.61 bits per heavy atom. The Morgan fingerprint density at radius 3 is 2.16 bits per heavy atom. The predicted molar refractivity (Wildman–Crippen MR) is 179 cm³/mol. The minimum Gasteiger partial charge on any atom is -0.479 e. The van der Waals surface area contributed by atoms with Gasteiger partial charge in [0.05, 0.1) is 4.88 Å². The van der Waals surface area contributed by atoms with Crippen LogP contribution in [0.25, 0.3) is 17.0 Å². The first-order chi connectivity index (χ1) is 20.4. The fourth-order valence-electron chi connectivity index (χ4n) is 5.86. The SMILES string of the molecule is CC1(C)C=C(c2cnc(-c3ccc(C[C@H](NC(=O)c4ccc(C(C)(C)C)s4)C(=O)N[C@H](P)C(=O)O)cc3)nc2)CC(C)(C)C1. The number of thiophene rings is 1. The van der Waals surface area contributed by atoms with E-state index in [9.17, 15) is 19.5 Å². The Kier molecular flexibility index (Phi) is 9.81. The zero-order valence-corrected chi connectivity index (χ0v) is 28.5. The first kappa shape index (κ1) is 33.5. The van der Waals surface area contributed by atoms with E-state index in [4.69, 9.17) is 0 Å². The summed E-state index contributed by atoms with van der Waals surface area (Å²) in [5.74, 6) is -2.74. The van der Waals surface area contributed by atoms with Crippen LogP contribution >= 0.6 is 20.6 Å². The van der Waals surface area contributed by atoms with E-state index in [0.29, 0.717) is 10.7 Å². The van der Waals surface area contributed by atoms with Crippen molar-refractivity contribution in [3.05, 3.63) is 75.7 Å². The number of carbonyl (C=O) groups excluding carboxylic acids is 2. The maximum Gasteiger partial charge on any atom is 0.330 e. The molecule has 8 nitrogen and oxygen atoms in total. The number of nitrogens with zero attached hydrogens (tertiary/aromatic N) is 2. The number of rotatable bonds is 9. The largest absolute Gasteiger partial charge is 0.479 e. The lowest BCUT2D eigenvalue weighted by Gasteiger charge is -2.39. The Morgan fingerprint density at radius 1 is 0.977 bits per heavy atom. The first-order valence-corrected chi connectivity index (χ1v) is 16.2. The van der Waals surface area contributed by atoms with Gasteiger partial charge in [-0.3, -0.25) is 9.59 Å². The van der Waals surface area contributed by atoms with Crippen LogP contribution in [0.1, 0.15) is 87.0 Å². The molecule has 2 aromatic heterocycles. The van der Waals surface area contributed by atoms with Crippen LogP contribution in [0.5, 0.6) is 0 Å². The number of benzene rings is 1. The van der Waals surface area contributed by atoms with Gasteiger partial charge in [-0.15, -0.1) is 20.6 Å². The van der Waals surface area contributed by atoms with Crippen molar-refractivity contribution < 1.29 is 19.5 Å². The van der Waals surface area contributed by atoms with Gasteiger partial charge in [0.15, 0.2) is 5.82 Å². The second kappa shape index (κ2) is 12.9. The highest BCUT2D eigenvalue weighted by Gasteiger charge is 2.33. The van der Waals surface area contributed by atoms with Gasteiger partial charge in [0.2, 0.25) is 5.91 Å². The Hall–Kier alpha value is -3.42. The van der Waals surface area contributed by atoms with E-state index in [0.717, 1.165) is 34.4 Å². The molecule has 4 rings (SSSR count). The van der Waals surface area contributed by atoms with Crippen molar-refractivity contribution in [2.45, 2.75) is 85.0 Å². The number of amides is 2. The maximum absolute atomic E-state index is 13.1. The van der Waals surface area contributed by atoms with Gasteiger partial charge in [-0.2, -0.15) is 0 Å². The number of aliphatic carboxylic acids is 1. The van der Waals surface area contributed by atoms with E-state index in [1.165, 1.54) is 16.9 Å². The van der Waals surface area contributed by atoms with Crippen LogP contribution in [0.4, 0.5) is 0 Å². The molecule has 2 heterocycles. The van der Waals surface area contributed by atoms with Crippen molar-refractivity contribution in [1.29, 1.82) is 0 Å². The minimum atomic E-state index is -1.19. The van der Waals surface area contributed by atoms with Crippen molar-refractivity contribution >= 4 is 43.9 Å². The normalized spacial score (nSPS) is 17.2. The third-order valence-corrected chi connectivity index (χ3v) is 9.56. The van der Waals surface area contributed by atoms with Gasteiger partial charge in [-0.25, -0.2) is 14.8 Å². The molecule has 1 aromatic carbocycles. The molecule has 1 aliphatic carbocycles. The van der Waals surface area contributed by atoms with Gasteiger partial charge in [0.1, 0.15) is 11.8 Å². The average molecular weight is 635 g/mol. The third kappa shape index (κ3) is 8.60. The summed E-state index contributed by atoms with van der Waals surface area (Å²) in [6.07, 6.45) is 8.39. The molecule has 0 saturated heterocycles. The van der Waals surface area contributed by atoms with E-state index in [2.05, 4.69) is 84.4 Å². The van der Waals surface area contributed by atoms with Crippen molar-refractivity contribution in [2.75, 3.05) is 0 Å². The monoisotopic (exact) mass is 634 g/mol. The molecular weight excluding hydrogens is 591 g/mol. The first-order valence-electron chi connectivity index (χ1n) is 14.8. The van der Waals surface area contributed by atoms with Gasteiger partial charge in [0, 0.05) is 34.8 Å². The van der Waals surface area contributed by atoms with Gasteiger partial charge in [0.25, 0.3) is 5.91 Å². The molecule has 0 radical (unpaired) electrons. The molecule has 0 saturated carbocycles. The van der Waals surface area contributed by atoms with E-state index in [1.54, 1.807) is 6.07 Å². The lowest BCUT2D eigenvalue weighted by Crippen LogP contribution is -2.50. The van der Waals surface area contributed by atoms with Crippen LogP contribution in [0.3, 0.4) is 0 Å². The van der Waals surface area contributed by atoms with Gasteiger partial charge in [-0.05, 0) is 52.4 Å². The number of allylic oxidation sites excluding steroid dienone is 2. The molecule has 10 heteroatoms. The highest BCUT2D eigenvalue weighted by atomic mass is 32.1. The molecule has 0 fully saturated rings. The van der Waals surface area contributed by atoms with Crippen molar-refractivity contribution in [2.24, 2.45) is 10.8 Å². The molecule has 1 unspecified atom stereocenters. The smallest absolute Gasteiger partial charge is 0.330 e. The number of aromatic nitrogens is 2. The topological polar surface area (TPSA) is 121 Å². The van der Waals surface area contributed by atoms with Crippen LogP contribution < -0.4 is 10.6 Å². The van der Waals surface area contributed by atoms with Gasteiger partial charge in [-0.1, -0.05) is 78.8 Å². The highest BCUT2D eigenvalue weighted by Crippen LogP contribution is 2.47. The van der Waals surface area contributed by atoms with Crippen LogP contribution in [0, 0.1) is 10.8 Å². The van der Waals surface area contributed by atoms with E-state index in [1.807, 2.05) is 42.7 Å². The molecule has 3 N–H and O–H groups in total. The summed E-state index contributed by atoms with van der Waals surface area (Å²) in [5, 5.41) is 14.5.